The topological polar surface area (TPSA) is 46.2 Å². The van der Waals surface area contributed by atoms with E-state index < -0.39 is 5.60 Å². The van der Waals surface area contributed by atoms with Gasteiger partial charge in [-0.15, -0.1) is 0 Å². The standard InChI is InChI=1S/C21H37NO/c1-4-14-7-8-16-15-13-18(22)21(23)11-6-5-10-20(21,3)17(15)9-12-19(14,16)2/h14-18,23H,4-13,22H2,1-3H3/t14-,15-,16-,17-,18+,19+,20+,21-/m0/s1. The third-order valence-corrected chi connectivity index (χ3v) is 9.58. The number of hydrogen-bond donors (Lipinski definition) is 2. The molecule has 0 aromatic rings. The lowest BCUT2D eigenvalue weighted by Gasteiger charge is -2.65. The summed E-state index contributed by atoms with van der Waals surface area (Å²) in [6.45, 7) is 7.38. The molecule has 4 fully saturated rings. The van der Waals surface area contributed by atoms with Crippen LogP contribution in [0, 0.1) is 34.5 Å². The molecule has 0 aliphatic heterocycles. The summed E-state index contributed by atoms with van der Waals surface area (Å²) in [6, 6.07) is -0.00271. The van der Waals surface area contributed by atoms with Crippen LogP contribution in [-0.2, 0) is 0 Å². The van der Waals surface area contributed by atoms with Gasteiger partial charge in [-0.25, -0.2) is 0 Å². The zero-order valence-corrected chi connectivity index (χ0v) is 15.5. The molecule has 0 saturated heterocycles. The van der Waals surface area contributed by atoms with Crippen LogP contribution in [0.25, 0.3) is 0 Å². The largest absolute Gasteiger partial charge is 0.388 e. The van der Waals surface area contributed by atoms with Crippen LogP contribution >= 0.6 is 0 Å². The smallest absolute Gasteiger partial charge is 0.0853 e. The van der Waals surface area contributed by atoms with Crippen LogP contribution in [-0.4, -0.2) is 16.7 Å². The number of fused-ring (bicyclic) bond motifs is 5. The highest BCUT2D eigenvalue weighted by Crippen LogP contribution is 2.68. The summed E-state index contributed by atoms with van der Waals surface area (Å²) >= 11 is 0. The second kappa shape index (κ2) is 5.21. The Kier molecular flexibility index (Phi) is 3.71. The van der Waals surface area contributed by atoms with E-state index in [1.807, 2.05) is 0 Å². The molecule has 0 spiro atoms. The van der Waals surface area contributed by atoms with Gasteiger partial charge >= 0.3 is 0 Å². The fourth-order valence-corrected chi connectivity index (χ4v) is 8.18. The third kappa shape index (κ3) is 1.94. The second-order valence-electron chi connectivity index (χ2n) is 9.99. The molecule has 132 valence electrons. The number of rotatable bonds is 1. The summed E-state index contributed by atoms with van der Waals surface area (Å²) in [5.74, 6) is 3.26. The molecule has 0 heterocycles. The molecule has 3 N–H and O–H groups in total. The van der Waals surface area contributed by atoms with Gasteiger partial charge in [0.05, 0.1) is 5.60 Å². The number of hydrogen-bond acceptors (Lipinski definition) is 2. The molecule has 0 radical (unpaired) electrons. The lowest BCUT2D eigenvalue weighted by atomic mass is 9.42. The van der Waals surface area contributed by atoms with Crippen LogP contribution in [0.4, 0.5) is 0 Å². The fourth-order valence-electron chi connectivity index (χ4n) is 8.18. The normalized spacial score (nSPS) is 59.1. The van der Waals surface area contributed by atoms with Crippen molar-refractivity contribution in [2.45, 2.75) is 96.6 Å². The van der Waals surface area contributed by atoms with E-state index in [1.165, 1.54) is 44.9 Å². The highest BCUT2D eigenvalue weighted by molar-refractivity contribution is 5.16. The highest BCUT2D eigenvalue weighted by Gasteiger charge is 2.65. The maximum atomic E-state index is 11.5. The Bertz CT molecular complexity index is 478. The van der Waals surface area contributed by atoms with Crippen LogP contribution in [0.3, 0.4) is 0 Å². The van der Waals surface area contributed by atoms with E-state index in [1.54, 1.807) is 0 Å². The van der Waals surface area contributed by atoms with Gasteiger partial charge in [-0.3, -0.25) is 0 Å². The SMILES string of the molecule is CC[C@H]1CC[C@H]2[C@@H]3C[C@@H](N)[C@@]4(O)CCCC[C@]4(C)[C@H]3CC[C@]12C. The van der Waals surface area contributed by atoms with Gasteiger partial charge in [0.25, 0.3) is 0 Å². The molecule has 4 saturated carbocycles. The number of nitrogens with two attached hydrogens (primary N) is 1. The number of aliphatic hydroxyl groups is 1. The van der Waals surface area contributed by atoms with E-state index in [9.17, 15) is 5.11 Å². The molecule has 23 heavy (non-hydrogen) atoms. The minimum Gasteiger partial charge on any atom is -0.388 e. The molecule has 8 atom stereocenters. The van der Waals surface area contributed by atoms with Crippen molar-refractivity contribution in [3.63, 3.8) is 0 Å². The zero-order chi connectivity index (χ0) is 16.5. The summed E-state index contributed by atoms with van der Waals surface area (Å²) in [4.78, 5) is 0. The highest BCUT2D eigenvalue weighted by atomic mass is 16.3. The molecule has 2 nitrogen and oxygen atoms in total. The lowest BCUT2D eigenvalue weighted by molar-refractivity contribution is -0.213. The van der Waals surface area contributed by atoms with Crippen LogP contribution in [0.1, 0.15) is 85.0 Å². The summed E-state index contributed by atoms with van der Waals surface area (Å²) in [7, 11) is 0. The van der Waals surface area contributed by atoms with Gasteiger partial charge in [0.1, 0.15) is 0 Å². The van der Waals surface area contributed by atoms with E-state index in [2.05, 4.69) is 20.8 Å². The van der Waals surface area contributed by atoms with Crippen molar-refractivity contribution in [2.24, 2.45) is 40.2 Å². The molecule has 0 unspecified atom stereocenters. The first-order chi connectivity index (χ1) is 10.9. The van der Waals surface area contributed by atoms with Gasteiger partial charge in [0.2, 0.25) is 0 Å². The zero-order valence-electron chi connectivity index (χ0n) is 15.5. The van der Waals surface area contributed by atoms with E-state index in [0.29, 0.717) is 11.3 Å². The average Bonchev–Trinajstić information content (AvgIpc) is 2.86. The van der Waals surface area contributed by atoms with Gasteiger partial charge in [0.15, 0.2) is 0 Å². The molecule has 4 aliphatic carbocycles. The minimum atomic E-state index is -0.594. The van der Waals surface area contributed by atoms with Crippen molar-refractivity contribution >= 4 is 0 Å². The monoisotopic (exact) mass is 319 g/mol. The van der Waals surface area contributed by atoms with E-state index in [0.717, 1.165) is 37.0 Å². The molecular formula is C21H37NO. The molecule has 0 amide bonds. The van der Waals surface area contributed by atoms with Crippen LogP contribution in [0.2, 0.25) is 0 Å². The predicted molar refractivity (Wildman–Crippen MR) is 94.9 cm³/mol. The Balaban J connectivity index is 1.70. The van der Waals surface area contributed by atoms with E-state index in [-0.39, 0.29) is 11.5 Å². The Labute approximate surface area is 142 Å². The van der Waals surface area contributed by atoms with E-state index in [4.69, 9.17) is 5.73 Å². The summed E-state index contributed by atoms with van der Waals surface area (Å²) in [5, 5.41) is 11.5. The Hall–Kier alpha value is -0.0800. The van der Waals surface area contributed by atoms with Crippen molar-refractivity contribution in [1.29, 1.82) is 0 Å². The lowest BCUT2D eigenvalue weighted by Crippen LogP contribution is -2.69. The van der Waals surface area contributed by atoms with Crippen molar-refractivity contribution in [3.05, 3.63) is 0 Å². The molecule has 4 aliphatic rings. The van der Waals surface area contributed by atoms with Crippen molar-refractivity contribution in [2.75, 3.05) is 0 Å². The van der Waals surface area contributed by atoms with Crippen LogP contribution in [0.15, 0.2) is 0 Å². The van der Waals surface area contributed by atoms with E-state index >= 15 is 0 Å². The summed E-state index contributed by atoms with van der Waals surface area (Å²) in [6.07, 6.45) is 12.6. The molecule has 2 heteroatoms. The fraction of sp³-hybridized carbons (Fsp3) is 1.00. The third-order valence-electron chi connectivity index (χ3n) is 9.58. The Morgan fingerprint density at radius 2 is 1.74 bits per heavy atom. The van der Waals surface area contributed by atoms with Crippen molar-refractivity contribution < 1.29 is 5.11 Å². The quantitative estimate of drug-likeness (QED) is 0.747. The van der Waals surface area contributed by atoms with Crippen LogP contribution < -0.4 is 5.73 Å². The molecule has 0 bridgehead atoms. The second-order valence-corrected chi connectivity index (χ2v) is 9.99. The van der Waals surface area contributed by atoms with Gasteiger partial charge < -0.3 is 10.8 Å². The first-order valence-corrected chi connectivity index (χ1v) is 10.3. The van der Waals surface area contributed by atoms with Gasteiger partial charge in [-0.1, -0.05) is 40.0 Å². The Morgan fingerprint density at radius 1 is 1.00 bits per heavy atom. The molecular weight excluding hydrogens is 282 g/mol. The first kappa shape index (κ1) is 16.4. The molecule has 0 aromatic heterocycles. The molecule has 0 aromatic carbocycles. The minimum absolute atomic E-state index is 0.00271. The maximum absolute atomic E-state index is 11.5. The Morgan fingerprint density at radius 3 is 2.48 bits per heavy atom. The van der Waals surface area contributed by atoms with Gasteiger partial charge in [0, 0.05) is 11.5 Å². The summed E-state index contributed by atoms with van der Waals surface area (Å²) in [5.41, 5.74) is 6.68. The first-order valence-electron chi connectivity index (χ1n) is 10.3. The maximum Gasteiger partial charge on any atom is 0.0853 e. The van der Waals surface area contributed by atoms with Gasteiger partial charge in [-0.2, -0.15) is 0 Å². The predicted octanol–water partition coefficient (Wildman–Crippen LogP) is 4.50. The van der Waals surface area contributed by atoms with Crippen molar-refractivity contribution in [1.82, 2.24) is 0 Å². The van der Waals surface area contributed by atoms with Crippen LogP contribution in [0.5, 0.6) is 0 Å². The van der Waals surface area contributed by atoms with Crippen molar-refractivity contribution in [3.8, 4) is 0 Å². The molecule has 4 rings (SSSR count). The average molecular weight is 320 g/mol. The summed E-state index contributed by atoms with van der Waals surface area (Å²) < 4.78 is 0. The van der Waals surface area contributed by atoms with Gasteiger partial charge in [-0.05, 0) is 74.0 Å².